The molecule has 1 amide bonds. The lowest BCUT2D eigenvalue weighted by atomic mass is 10.0. The van der Waals surface area contributed by atoms with E-state index in [1.165, 1.54) is 0 Å². The molecule has 0 radical (unpaired) electrons. The molecule has 6 nitrogen and oxygen atoms in total. The summed E-state index contributed by atoms with van der Waals surface area (Å²) < 4.78 is 2.19. The molecule has 0 bridgehead atoms. The molecule has 4 heterocycles. The Hall–Kier alpha value is -2.76. The van der Waals surface area contributed by atoms with E-state index < -0.39 is 0 Å². The molecule has 116 valence electrons. The van der Waals surface area contributed by atoms with Crippen LogP contribution >= 0.6 is 0 Å². The van der Waals surface area contributed by atoms with E-state index in [-0.39, 0.29) is 6.04 Å². The van der Waals surface area contributed by atoms with Gasteiger partial charge >= 0.3 is 0 Å². The van der Waals surface area contributed by atoms with Crippen LogP contribution in [0.3, 0.4) is 0 Å². The number of imidazole rings is 1. The zero-order valence-corrected chi connectivity index (χ0v) is 12.7. The summed E-state index contributed by atoms with van der Waals surface area (Å²) in [6.07, 6.45) is 6.31. The van der Waals surface area contributed by atoms with Gasteiger partial charge in [0.25, 0.3) is 0 Å². The molecule has 0 aliphatic carbocycles. The minimum atomic E-state index is 0.281. The molecule has 0 spiro atoms. The molecule has 1 aliphatic rings. The summed E-state index contributed by atoms with van der Waals surface area (Å²) in [5.41, 5.74) is 2.62. The van der Waals surface area contributed by atoms with E-state index in [9.17, 15) is 4.79 Å². The lowest BCUT2D eigenvalue weighted by molar-refractivity contribution is -0.119. The van der Waals surface area contributed by atoms with Gasteiger partial charge in [0, 0.05) is 31.5 Å². The van der Waals surface area contributed by atoms with Crippen LogP contribution in [-0.4, -0.2) is 43.9 Å². The van der Waals surface area contributed by atoms with Crippen LogP contribution in [0.25, 0.3) is 22.7 Å². The number of aromatic nitrogens is 4. The van der Waals surface area contributed by atoms with Gasteiger partial charge in [-0.05, 0) is 37.1 Å². The van der Waals surface area contributed by atoms with E-state index in [4.69, 9.17) is 4.98 Å². The van der Waals surface area contributed by atoms with E-state index in [0.29, 0.717) is 0 Å². The van der Waals surface area contributed by atoms with Gasteiger partial charge in [-0.15, -0.1) is 0 Å². The highest BCUT2D eigenvalue weighted by atomic mass is 16.1. The fraction of sp³-hybridized carbons (Fsp3) is 0.294. The van der Waals surface area contributed by atoms with Crippen molar-refractivity contribution in [2.24, 2.45) is 0 Å². The summed E-state index contributed by atoms with van der Waals surface area (Å²) in [4.78, 5) is 26.5. The van der Waals surface area contributed by atoms with Crippen LogP contribution in [0.2, 0.25) is 0 Å². The maximum Gasteiger partial charge on any atom is 0.209 e. The smallest absolute Gasteiger partial charge is 0.209 e. The highest BCUT2D eigenvalue weighted by molar-refractivity contribution is 5.76. The maximum absolute atomic E-state index is 10.9. The van der Waals surface area contributed by atoms with Gasteiger partial charge in [-0.2, -0.15) is 0 Å². The zero-order chi connectivity index (χ0) is 15.6. The summed E-state index contributed by atoms with van der Waals surface area (Å²) in [5.74, 6) is 0.851. The second-order valence-electron chi connectivity index (χ2n) is 5.74. The van der Waals surface area contributed by atoms with E-state index in [0.717, 1.165) is 55.0 Å². The van der Waals surface area contributed by atoms with Gasteiger partial charge < -0.3 is 9.47 Å². The minimum absolute atomic E-state index is 0.281. The lowest BCUT2D eigenvalue weighted by Crippen LogP contribution is -2.33. The van der Waals surface area contributed by atoms with Crippen molar-refractivity contribution in [2.75, 3.05) is 13.1 Å². The number of carbonyl (C=O) groups is 1. The Balaban J connectivity index is 1.82. The van der Waals surface area contributed by atoms with Crippen molar-refractivity contribution in [3.63, 3.8) is 0 Å². The molecule has 0 unspecified atom stereocenters. The number of nitrogens with zero attached hydrogens (tertiary/aromatic N) is 5. The number of carbonyl (C=O) groups excluding carboxylic acids is 1. The predicted molar refractivity (Wildman–Crippen MR) is 86.7 cm³/mol. The number of hydrogen-bond acceptors (Lipinski definition) is 4. The van der Waals surface area contributed by atoms with Crippen molar-refractivity contribution in [1.29, 1.82) is 0 Å². The summed E-state index contributed by atoms with van der Waals surface area (Å²) in [5, 5.41) is 0. The number of pyridine rings is 2. The Morgan fingerprint density at radius 3 is 2.61 bits per heavy atom. The summed E-state index contributed by atoms with van der Waals surface area (Å²) >= 11 is 0. The number of amides is 1. The van der Waals surface area contributed by atoms with E-state index >= 15 is 0 Å². The third kappa shape index (κ3) is 2.46. The lowest BCUT2D eigenvalue weighted by Gasteiger charge is -2.30. The first kappa shape index (κ1) is 13.9. The van der Waals surface area contributed by atoms with Crippen molar-refractivity contribution < 1.29 is 4.79 Å². The molecule has 1 saturated heterocycles. The van der Waals surface area contributed by atoms with Crippen LogP contribution < -0.4 is 0 Å². The second-order valence-corrected chi connectivity index (χ2v) is 5.74. The van der Waals surface area contributed by atoms with Crippen LogP contribution in [0.4, 0.5) is 0 Å². The van der Waals surface area contributed by atoms with Crippen LogP contribution in [-0.2, 0) is 4.79 Å². The van der Waals surface area contributed by atoms with Gasteiger partial charge in [0.1, 0.15) is 11.2 Å². The minimum Gasteiger partial charge on any atom is -0.345 e. The Labute approximate surface area is 133 Å². The van der Waals surface area contributed by atoms with E-state index in [1.54, 1.807) is 12.4 Å². The van der Waals surface area contributed by atoms with E-state index in [1.807, 2.05) is 35.2 Å². The standard InChI is InChI=1S/C17H17N5O/c23-12-21-10-6-13(7-11-21)22-16-15(5-3-9-19-16)20-17(22)14-4-1-2-8-18-14/h1-5,8-9,12-13H,6-7,10-11H2. The monoisotopic (exact) mass is 307 g/mol. The van der Waals surface area contributed by atoms with Crippen molar-refractivity contribution in [2.45, 2.75) is 18.9 Å². The average Bonchev–Trinajstić information content (AvgIpc) is 3.02. The molecule has 4 rings (SSSR count). The predicted octanol–water partition coefficient (Wildman–Crippen LogP) is 2.29. The fourth-order valence-electron chi connectivity index (χ4n) is 3.20. The van der Waals surface area contributed by atoms with Crippen molar-refractivity contribution >= 4 is 17.6 Å². The summed E-state index contributed by atoms with van der Waals surface area (Å²) in [6, 6.07) is 10.00. The molecule has 23 heavy (non-hydrogen) atoms. The second kappa shape index (κ2) is 5.79. The largest absolute Gasteiger partial charge is 0.345 e. The molecule has 3 aromatic rings. The first-order chi connectivity index (χ1) is 11.4. The van der Waals surface area contributed by atoms with Crippen molar-refractivity contribution in [3.8, 4) is 11.5 Å². The molecular formula is C17H17N5O. The number of fused-ring (bicyclic) bond motifs is 1. The Morgan fingerprint density at radius 1 is 1.04 bits per heavy atom. The zero-order valence-electron chi connectivity index (χ0n) is 12.7. The molecule has 0 N–H and O–H groups in total. The number of likely N-dealkylation sites (tertiary alicyclic amines) is 1. The molecular weight excluding hydrogens is 290 g/mol. The average molecular weight is 307 g/mol. The van der Waals surface area contributed by atoms with Gasteiger partial charge in [0.15, 0.2) is 11.5 Å². The summed E-state index contributed by atoms with van der Waals surface area (Å²) in [7, 11) is 0. The first-order valence-electron chi connectivity index (χ1n) is 7.80. The maximum atomic E-state index is 10.9. The SMILES string of the molecule is O=CN1CCC(n2c(-c3ccccn3)nc3cccnc32)CC1. The Bertz CT molecular complexity index is 821. The van der Waals surface area contributed by atoms with E-state index in [2.05, 4.69) is 14.5 Å². The summed E-state index contributed by atoms with van der Waals surface area (Å²) in [6.45, 7) is 1.53. The molecule has 0 atom stereocenters. The third-order valence-electron chi connectivity index (χ3n) is 4.36. The van der Waals surface area contributed by atoms with Crippen molar-refractivity contribution in [1.82, 2.24) is 24.4 Å². The Kier molecular flexibility index (Phi) is 3.49. The van der Waals surface area contributed by atoms with Crippen LogP contribution in [0.1, 0.15) is 18.9 Å². The number of piperidine rings is 1. The number of rotatable bonds is 3. The molecule has 3 aromatic heterocycles. The normalized spacial score (nSPS) is 15.9. The highest BCUT2D eigenvalue weighted by Crippen LogP contribution is 2.31. The fourth-order valence-corrected chi connectivity index (χ4v) is 3.20. The van der Waals surface area contributed by atoms with Crippen molar-refractivity contribution in [3.05, 3.63) is 42.7 Å². The molecule has 1 aliphatic heterocycles. The van der Waals surface area contributed by atoms with Crippen LogP contribution in [0.5, 0.6) is 0 Å². The van der Waals surface area contributed by atoms with Gasteiger partial charge in [0.05, 0.1) is 0 Å². The van der Waals surface area contributed by atoms with Crippen LogP contribution in [0, 0.1) is 0 Å². The van der Waals surface area contributed by atoms with Gasteiger partial charge in [-0.25, -0.2) is 9.97 Å². The quantitative estimate of drug-likeness (QED) is 0.696. The molecule has 0 aromatic carbocycles. The van der Waals surface area contributed by atoms with Crippen LogP contribution in [0.15, 0.2) is 42.7 Å². The first-order valence-corrected chi connectivity index (χ1v) is 7.80. The topological polar surface area (TPSA) is 63.9 Å². The van der Waals surface area contributed by atoms with Gasteiger partial charge in [-0.1, -0.05) is 6.07 Å². The highest BCUT2D eigenvalue weighted by Gasteiger charge is 2.25. The van der Waals surface area contributed by atoms with Gasteiger partial charge in [-0.3, -0.25) is 9.78 Å². The molecule has 1 fully saturated rings. The third-order valence-corrected chi connectivity index (χ3v) is 4.36. The van der Waals surface area contributed by atoms with Gasteiger partial charge in [0.2, 0.25) is 6.41 Å². The molecule has 6 heteroatoms. The number of hydrogen-bond donors (Lipinski definition) is 0. The molecule has 0 saturated carbocycles. The Morgan fingerprint density at radius 2 is 1.87 bits per heavy atom.